The van der Waals surface area contributed by atoms with Crippen LogP contribution in [0, 0.1) is 0 Å². The van der Waals surface area contributed by atoms with Crippen molar-refractivity contribution >= 4 is 10.0 Å². The van der Waals surface area contributed by atoms with E-state index < -0.39 is 10.0 Å². The van der Waals surface area contributed by atoms with Crippen molar-refractivity contribution < 1.29 is 8.42 Å². The molecule has 6 nitrogen and oxygen atoms in total. The molecule has 1 unspecified atom stereocenters. The summed E-state index contributed by atoms with van der Waals surface area (Å²) in [5.74, 6) is 0.757. The summed E-state index contributed by atoms with van der Waals surface area (Å²) < 4.78 is 29.7. The van der Waals surface area contributed by atoms with E-state index in [1.54, 1.807) is 22.6 Å². The van der Waals surface area contributed by atoms with E-state index in [0.29, 0.717) is 24.5 Å². The molecule has 1 saturated heterocycles. The van der Waals surface area contributed by atoms with Gasteiger partial charge in [0.05, 0.1) is 10.9 Å². The molecule has 0 radical (unpaired) electrons. The number of aryl methyl sites for hydroxylation is 2. The first-order valence-corrected chi connectivity index (χ1v) is 9.26. The molecule has 0 bridgehead atoms. The number of rotatable bonds is 4. The minimum absolute atomic E-state index is 0.293. The number of sulfonamides is 1. The molecule has 1 aromatic heterocycles. The van der Waals surface area contributed by atoms with Gasteiger partial charge in [0.15, 0.2) is 0 Å². The Kier molecular flexibility index (Phi) is 4.52. The molecule has 1 aliphatic rings. The molecule has 7 heteroatoms. The van der Waals surface area contributed by atoms with Crippen molar-refractivity contribution in [3.8, 4) is 0 Å². The Morgan fingerprint density at radius 1 is 1.39 bits per heavy atom. The van der Waals surface area contributed by atoms with E-state index in [0.717, 1.165) is 17.8 Å². The normalized spacial score (nSPS) is 19.8. The van der Waals surface area contributed by atoms with Gasteiger partial charge in [0.1, 0.15) is 5.82 Å². The van der Waals surface area contributed by atoms with Gasteiger partial charge in [-0.1, -0.05) is 19.1 Å². The maximum Gasteiger partial charge on any atom is 0.243 e. The molecule has 1 N–H and O–H groups in total. The summed E-state index contributed by atoms with van der Waals surface area (Å²) in [5, 5.41) is 3.27. The number of nitrogens with zero attached hydrogens (tertiary/aromatic N) is 3. The molecular weight excluding hydrogens is 312 g/mol. The molecule has 2 aromatic rings. The molecule has 2 heterocycles. The Morgan fingerprint density at radius 3 is 2.91 bits per heavy atom. The van der Waals surface area contributed by atoms with Crippen LogP contribution in [0.3, 0.4) is 0 Å². The molecule has 1 atom stereocenters. The molecule has 1 fully saturated rings. The van der Waals surface area contributed by atoms with E-state index in [-0.39, 0.29) is 6.04 Å². The van der Waals surface area contributed by atoms with Gasteiger partial charge in [-0.05, 0) is 24.1 Å². The first-order valence-electron chi connectivity index (χ1n) is 7.82. The van der Waals surface area contributed by atoms with E-state index in [9.17, 15) is 8.42 Å². The minimum atomic E-state index is -3.55. The third kappa shape index (κ3) is 3.04. The lowest BCUT2D eigenvalue weighted by atomic mass is 10.2. The van der Waals surface area contributed by atoms with Crippen molar-refractivity contribution in [3.05, 3.63) is 48.0 Å². The summed E-state index contributed by atoms with van der Waals surface area (Å²) in [6, 6.07) is 6.91. The van der Waals surface area contributed by atoms with Crippen LogP contribution in [0.1, 0.15) is 24.4 Å². The quantitative estimate of drug-likeness (QED) is 0.916. The first kappa shape index (κ1) is 16.2. The van der Waals surface area contributed by atoms with Gasteiger partial charge in [-0.25, -0.2) is 13.4 Å². The molecule has 0 aliphatic carbocycles. The number of hydrogen-bond donors (Lipinski definition) is 1. The number of hydrogen-bond acceptors (Lipinski definition) is 4. The topological polar surface area (TPSA) is 67.2 Å². The van der Waals surface area contributed by atoms with Crippen LogP contribution in [0.5, 0.6) is 0 Å². The lowest BCUT2D eigenvalue weighted by Crippen LogP contribution is -2.49. The van der Waals surface area contributed by atoms with Gasteiger partial charge >= 0.3 is 0 Å². The number of nitrogens with one attached hydrogen (secondary N) is 1. The molecule has 0 saturated carbocycles. The molecular formula is C16H22N4O2S. The lowest BCUT2D eigenvalue weighted by Gasteiger charge is -2.34. The zero-order valence-corrected chi connectivity index (χ0v) is 14.3. The third-order valence-corrected chi connectivity index (χ3v) is 6.17. The summed E-state index contributed by atoms with van der Waals surface area (Å²) >= 11 is 0. The molecule has 124 valence electrons. The van der Waals surface area contributed by atoms with Crippen LogP contribution >= 0.6 is 0 Å². The van der Waals surface area contributed by atoms with Gasteiger partial charge in [0.2, 0.25) is 10.0 Å². The van der Waals surface area contributed by atoms with Crippen molar-refractivity contribution in [2.24, 2.45) is 7.05 Å². The van der Waals surface area contributed by atoms with Crippen LogP contribution in [0.2, 0.25) is 0 Å². The van der Waals surface area contributed by atoms with Gasteiger partial charge in [0.25, 0.3) is 0 Å². The van der Waals surface area contributed by atoms with Gasteiger partial charge in [-0.2, -0.15) is 4.31 Å². The van der Waals surface area contributed by atoms with E-state index >= 15 is 0 Å². The average Bonchev–Trinajstić information content (AvgIpc) is 3.01. The Hall–Kier alpha value is -1.70. The predicted molar refractivity (Wildman–Crippen MR) is 88.5 cm³/mol. The maximum absolute atomic E-state index is 13.1. The fraction of sp³-hybridized carbons (Fsp3) is 0.438. The second kappa shape index (κ2) is 6.43. The lowest BCUT2D eigenvalue weighted by molar-refractivity contribution is 0.258. The van der Waals surface area contributed by atoms with Crippen LogP contribution in [-0.2, 0) is 23.5 Å². The zero-order valence-electron chi connectivity index (χ0n) is 13.4. The summed E-state index contributed by atoms with van der Waals surface area (Å²) in [6.07, 6.45) is 4.35. The van der Waals surface area contributed by atoms with Crippen LogP contribution in [0.25, 0.3) is 0 Å². The summed E-state index contributed by atoms with van der Waals surface area (Å²) in [7, 11) is -1.66. The van der Waals surface area contributed by atoms with E-state index in [4.69, 9.17) is 0 Å². The van der Waals surface area contributed by atoms with Crippen molar-refractivity contribution in [1.82, 2.24) is 19.2 Å². The number of benzene rings is 1. The highest BCUT2D eigenvalue weighted by molar-refractivity contribution is 7.89. The number of imidazole rings is 1. The molecule has 1 aliphatic heterocycles. The highest BCUT2D eigenvalue weighted by Crippen LogP contribution is 2.28. The Bertz CT molecular complexity index is 785. The first-order chi connectivity index (χ1) is 11.0. The highest BCUT2D eigenvalue weighted by Gasteiger charge is 2.36. The largest absolute Gasteiger partial charge is 0.337 e. The van der Waals surface area contributed by atoms with Crippen molar-refractivity contribution in [3.63, 3.8) is 0 Å². The number of piperazine rings is 1. The summed E-state index contributed by atoms with van der Waals surface area (Å²) in [6.45, 7) is 3.68. The van der Waals surface area contributed by atoms with Crippen molar-refractivity contribution in [1.29, 1.82) is 0 Å². The van der Waals surface area contributed by atoms with Crippen molar-refractivity contribution in [2.45, 2.75) is 24.3 Å². The highest BCUT2D eigenvalue weighted by atomic mass is 32.2. The van der Waals surface area contributed by atoms with Crippen LogP contribution < -0.4 is 5.32 Å². The second-order valence-electron chi connectivity index (χ2n) is 5.73. The standard InChI is InChI=1S/C16H22N4O2S/c1-3-13-5-4-6-14(11-13)23(21,22)20-10-7-17-12-15(20)16-18-8-9-19(16)2/h4-6,8-9,11,15,17H,3,7,10,12H2,1-2H3. The van der Waals surface area contributed by atoms with Crippen LogP contribution in [-0.4, -0.2) is 41.9 Å². The maximum atomic E-state index is 13.1. The van der Waals surface area contributed by atoms with Gasteiger partial charge in [-0.15, -0.1) is 0 Å². The average molecular weight is 334 g/mol. The molecule has 0 spiro atoms. The zero-order chi connectivity index (χ0) is 16.4. The Labute approximate surface area is 137 Å². The smallest absolute Gasteiger partial charge is 0.243 e. The second-order valence-corrected chi connectivity index (χ2v) is 7.62. The van der Waals surface area contributed by atoms with Gasteiger partial charge in [0, 0.05) is 39.1 Å². The predicted octanol–water partition coefficient (Wildman–Crippen LogP) is 1.32. The van der Waals surface area contributed by atoms with E-state index in [2.05, 4.69) is 10.3 Å². The fourth-order valence-electron chi connectivity index (χ4n) is 2.95. The molecule has 23 heavy (non-hydrogen) atoms. The molecule has 3 rings (SSSR count). The van der Waals surface area contributed by atoms with Crippen LogP contribution in [0.4, 0.5) is 0 Å². The molecule has 1 aromatic carbocycles. The Morgan fingerprint density at radius 2 is 2.22 bits per heavy atom. The monoisotopic (exact) mass is 334 g/mol. The summed E-state index contributed by atoms with van der Waals surface area (Å²) in [5.41, 5.74) is 1.02. The van der Waals surface area contributed by atoms with Crippen LogP contribution in [0.15, 0.2) is 41.6 Å². The van der Waals surface area contributed by atoms with Crippen molar-refractivity contribution in [2.75, 3.05) is 19.6 Å². The Balaban J connectivity index is 2.00. The summed E-state index contributed by atoms with van der Waals surface area (Å²) in [4.78, 5) is 4.71. The third-order valence-electron chi connectivity index (χ3n) is 4.26. The van der Waals surface area contributed by atoms with E-state index in [1.807, 2.05) is 36.9 Å². The minimum Gasteiger partial charge on any atom is -0.337 e. The SMILES string of the molecule is CCc1cccc(S(=O)(=O)N2CCNCC2c2nccn2C)c1. The van der Waals surface area contributed by atoms with Gasteiger partial charge in [-0.3, -0.25) is 0 Å². The van der Waals surface area contributed by atoms with Gasteiger partial charge < -0.3 is 9.88 Å². The molecule has 0 amide bonds. The van der Waals surface area contributed by atoms with E-state index in [1.165, 1.54) is 0 Å². The number of aromatic nitrogens is 2. The fourth-order valence-corrected chi connectivity index (χ4v) is 4.61.